The number of nitrogens with zero attached hydrogens (tertiary/aromatic N) is 4. The van der Waals surface area contributed by atoms with Gasteiger partial charge in [-0.3, -0.25) is 4.68 Å². The highest BCUT2D eigenvalue weighted by atomic mass is 16.5. The van der Waals surface area contributed by atoms with Gasteiger partial charge in [-0.05, 0) is 13.8 Å². The van der Waals surface area contributed by atoms with E-state index in [-0.39, 0.29) is 6.04 Å². The fourth-order valence-electron chi connectivity index (χ4n) is 1.86. The summed E-state index contributed by atoms with van der Waals surface area (Å²) in [5.74, 6) is 0.729. The second kappa shape index (κ2) is 5.09. The molecule has 0 aliphatic heterocycles. The minimum absolute atomic E-state index is 0.274. The Morgan fingerprint density at radius 2 is 2.35 bits per heavy atom. The van der Waals surface area contributed by atoms with Crippen LogP contribution in [0.2, 0.25) is 0 Å². The fourth-order valence-corrected chi connectivity index (χ4v) is 1.86. The molecule has 0 saturated carbocycles. The maximum absolute atomic E-state index is 4.68. The molecule has 0 spiro atoms. The zero-order chi connectivity index (χ0) is 12.3. The average molecular weight is 235 g/mol. The van der Waals surface area contributed by atoms with Crippen LogP contribution in [-0.2, 0) is 13.5 Å². The molecular weight excluding hydrogens is 218 g/mol. The molecule has 0 aliphatic rings. The van der Waals surface area contributed by atoms with Gasteiger partial charge in [-0.25, -0.2) is 0 Å². The molecule has 1 atom stereocenters. The van der Waals surface area contributed by atoms with E-state index in [0.717, 1.165) is 24.5 Å². The third-order valence-electron chi connectivity index (χ3n) is 2.72. The van der Waals surface area contributed by atoms with Crippen LogP contribution in [-0.4, -0.2) is 26.5 Å². The first kappa shape index (κ1) is 11.8. The van der Waals surface area contributed by atoms with Crippen LogP contribution >= 0.6 is 0 Å². The minimum Gasteiger partial charge on any atom is -0.343 e. The van der Waals surface area contributed by atoms with Crippen LogP contribution in [0.5, 0.6) is 0 Å². The molecule has 0 radical (unpaired) electrons. The third kappa shape index (κ3) is 2.91. The average Bonchev–Trinajstić information content (AvgIpc) is 2.88. The quantitative estimate of drug-likeness (QED) is 0.837. The number of aryl methyl sites for hydroxylation is 2. The lowest BCUT2D eigenvalue weighted by atomic mass is 10.1. The van der Waals surface area contributed by atoms with E-state index in [9.17, 15) is 0 Å². The molecule has 17 heavy (non-hydrogen) atoms. The third-order valence-corrected chi connectivity index (χ3v) is 2.72. The van der Waals surface area contributed by atoms with Gasteiger partial charge in [0.2, 0.25) is 6.39 Å². The predicted molar refractivity (Wildman–Crippen MR) is 62.4 cm³/mol. The molecule has 0 amide bonds. The van der Waals surface area contributed by atoms with Gasteiger partial charge in [0.15, 0.2) is 5.82 Å². The molecule has 2 aromatic rings. The summed E-state index contributed by atoms with van der Waals surface area (Å²) in [6.07, 6.45) is 4.16. The van der Waals surface area contributed by atoms with Gasteiger partial charge >= 0.3 is 0 Å². The Morgan fingerprint density at radius 3 is 2.94 bits per heavy atom. The topological polar surface area (TPSA) is 68.8 Å². The monoisotopic (exact) mass is 235 g/mol. The Labute approximate surface area is 100 Å². The van der Waals surface area contributed by atoms with Gasteiger partial charge in [-0.15, -0.1) is 0 Å². The van der Waals surface area contributed by atoms with Crippen molar-refractivity contribution in [2.45, 2.75) is 26.3 Å². The summed E-state index contributed by atoms with van der Waals surface area (Å²) in [5.41, 5.74) is 2.28. The predicted octanol–water partition coefficient (Wildman–Crippen LogP) is 1.00. The first-order valence-corrected chi connectivity index (χ1v) is 5.65. The molecule has 6 heteroatoms. The molecule has 1 N–H and O–H groups in total. The second-order valence-corrected chi connectivity index (χ2v) is 4.12. The first-order chi connectivity index (χ1) is 8.16. The van der Waals surface area contributed by atoms with E-state index in [1.54, 1.807) is 0 Å². The van der Waals surface area contributed by atoms with Crippen molar-refractivity contribution < 1.29 is 4.52 Å². The van der Waals surface area contributed by atoms with Crippen molar-refractivity contribution in [2.75, 3.05) is 6.54 Å². The zero-order valence-corrected chi connectivity index (χ0v) is 10.3. The van der Waals surface area contributed by atoms with Crippen LogP contribution in [0.1, 0.15) is 30.0 Å². The van der Waals surface area contributed by atoms with Gasteiger partial charge < -0.3 is 9.84 Å². The van der Waals surface area contributed by atoms with Gasteiger partial charge in [0.05, 0.1) is 5.69 Å². The Morgan fingerprint density at radius 1 is 1.53 bits per heavy atom. The fraction of sp³-hybridized carbons (Fsp3) is 0.545. The van der Waals surface area contributed by atoms with Gasteiger partial charge in [0, 0.05) is 37.8 Å². The van der Waals surface area contributed by atoms with Crippen molar-refractivity contribution in [3.05, 3.63) is 29.7 Å². The normalized spacial score (nSPS) is 12.9. The largest absolute Gasteiger partial charge is 0.343 e. The highest BCUT2D eigenvalue weighted by Gasteiger charge is 2.11. The summed E-state index contributed by atoms with van der Waals surface area (Å²) >= 11 is 0. The number of hydrogen-bond donors (Lipinski definition) is 1. The molecule has 0 fully saturated rings. The highest BCUT2D eigenvalue weighted by Crippen LogP contribution is 2.15. The first-order valence-electron chi connectivity index (χ1n) is 5.65. The molecule has 92 valence electrons. The summed E-state index contributed by atoms with van der Waals surface area (Å²) in [6, 6.07) is 0.274. The summed E-state index contributed by atoms with van der Waals surface area (Å²) in [5, 5.41) is 11.5. The summed E-state index contributed by atoms with van der Waals surface area (Å²) < 4.78 is 6.51. The van der Waals surface area contributed by atoms with Gasteiger partial charge in [0.1, 0.15) is 0 Å². The van der Waals surface area contributed by atoms with Crippen molar-refractivity contribution in [1.29, 1.82) is 0 Å². The molecule has 0 bridgehead atoms. The Kier molecular flexibility index (Phi) is 3.53. The van der Waals surface area contributed by atoms with Crippen LogP contribution < -0.4 is 5.32 Å². The van der Waals surface area contributed by atoms with Crippen molar-refractivity contribution in [3.63, 3.8) is 0 Å². The van der Waals surface area contributed by atoms with E-state index in [1.165, 1.54) is 12.0 Å². The van der Waals surface area contributed by atoms with Crippen molar-refractivity contribution in [3.8, 4) is 0 Å². The highest BCUT2D eigenvalue weighted by molar-refractivity contribution is 5.19. The van der Waals surface area contributed by atoms with E-state index >= 15 is 0 Å². The molecule has 0 aliphatic carbocycles. The maximum atomic E-state index is 4.68. The molecule has 2 aromatic heterocycles. The van der Waals surface area contributed by atoms with E-state index in [0.29, 0.717) is 0 Å². The van der Waals surface area contributed by atoms with Gasteiger partial charge in [-0.2, -0.15) is 10.1 Å². The Balaban J connectivity index is 1.85. The van der Waals surface area contributed by atoms with Crippen LogP contribution in [0.15, 0.2) is 17.1 Å². The van der Waals surface area contributed by atoms with E-state index in [4.69, 9.17) is 0 Å². The zero-order valence-electron chi connectivity index (χ0n) is 10.3. The summed E-state index contributed by atoms with van der Waals surface area (Å²) in [6.45, 7) is 4.96. The van der Waals surface area contributed by atoms with Crippen molar-refractivity contribution >= 4 is 0 Å². The molecule has 6 nitrogen and oxygen atoms in total. The Bertz CT molecular complexity index is 462. The molecular formula is C11H17N5O. The molecule has 2 heterocycles. The number of aromatic nitrogens is 4. The van der Waals surface area contributed by atoms with E-state index in [1.807, 2.05) is 24.9 Å². The summed E-state index contributed by atoms with van der Waals surface area (Å²) in [4.78, 5) is 3.97. The lowest BCUT2D eigenvalue weighted by molar-refractivity contribution is 0.408. The molecule has 1 unspecified atom stereocenters. The maximum Gasteiger partial charge on any atom is 0.213 e. The number of nitrogens with one attached hydrogen (secondary N) is 1. The SMILES string of the molecule is Cc1nn(C)cc1C(C)NCCc1ncon1. The van der Waals surface area contributed by atoms with Crippen molar-refractivity contribution in [1.82, 2.24) is 25.2 Å². The summed E-state index contributed by atoms with van der Waals surface area (Å²) in [7, 11) is 1.93. The molecule has 2 rings (SSSR count). The smallest absolute Gasteiger partial charge is 0.213 e. The Hall–Kier alpha value is -1.69. The standard InChI is InChI=1S/C11H17N5O/c1-8(10-6-16(3)14-9(10)2)12-5-4-11-13-7-17-15-11/h6-8,12H,4-5H2,1-3H3. The van der Waals surface area contributed by atoms with E-state index in [2.05, 4.69) is 32.0 Å². The van der Waals surface area contributed by atoms with Crippen LogP contribution in [0.3, 0.4) is 0 Å². The lowest BCUT2D eigenvalue weighted by Gasteiger charge is -2.11. The lowest BCUT2D eigenvalue weighted by Crippen LogP contribution is -2.22. The van der Waals surface area contributed by atoms with Gasteiger partial charge in [-0.1, -0.05) is 5.16 Å². The number of hydrogen-bond acceptors (Lipinski definition) is 5. The van der Waals surface area contributed by atoms with Crippen LogP contribution in [0.25, 0.3) is 0 Å². The molecule has 0 aromatic carbocycles. The molecule has 0 saturated heterocycles. The minimum atomic E-state index is 0.274. The van der Waals surface area contributed by atoms with Crippen LogP contribution in [0.4, 0.5) is 0 Å². The second-order valence-electron chi connectivity index (χ2n) is 4.12. The van der Waals surface area contributed by atoms with Crippen LogP contribution in [0, 0.1) is 6.92 Å². The number of rotatable bonds is 5. The van der Waals surface area contributed by atoms with E-state index < -0.39 is 0 Å². The van der Waals surface area contributed by atoms with Crippen molar-refractivity contribution in [2.24, 2.45) is 7.05 Å². The van der Waals surface area contributed by atoms with Gasteiger partial charge in [0.25, 0.3) is 0 Å².